The van der Waals surface area contributed by atoms with E-state index in [-0.39, 0.29) is 0 Å². The van der Waals surface area contributed by atoms with E-state index in [0.717, 1.165) is 32.7 Å². The summed E-state index contributed by atoms with van der Waals surface area (Å²) >= 11 is 3.31. The van der Waals surface area contributed by atoms with Crippen LogP contribution in [-0.2, 0) is 5.60 Å². The summed E-state index contributed by atoms with van der Waals surface area (Å²) in [6.45, 7) is 0. The zero-order chi connectivity index (χ0) is 16.1. The van der Waals surface area contributed by atoms with Crippen molar-refractivity contribution < 1.29 is 5.11 Å². The van der Waals surface area contributed by atoms with Crippen molar-refractivity contribution in [3.8, 4) is 22.3 Å². The molecule has 2 aromatic carbocycles. The summed E-state index contributed by atoms with van der Waals surface area (Å²) in [6, 6.07) is 20.6. The summed E-state index contributed by atoms with van der Waals surface area (Å²) in [5.74, 6) is 0. The third-order valence-electron chi connectivity index (χ3n) is 4.75. The highest BCUT2D eigenvalue weighted by molar-refractivity contribution is 7.11. The Morgan fingerprint density at radius 1 is 0.708 bits per heavy atom. The maximum Gasteiger partial charge on any atom is 0.151 e. The Labute approximate surface area is 148 Å². The maximum absolute atomic E-state index is 11.9. The van der Waals surface area contributed by atoms with Gasteiger partial charge in [-0.2, -0.15) is 11.3 Å². The zero-order valence-electron chi connectivity index (χ0n) is 12.8. The first-order valence-electron chi connectivity index (χ1n) is 7.82. The van der Waals surface area contributed by atoms with E-state index in [0.29, 0.717) is 0 Å². The fourth-order valence-electron chi connectivity index (χ4n) is 3.69. The number of fused-ring (bicyclic) bond motifs is 3. The van der Waals surface area contributed by atoms with Gasteiger partial charge in [-0.3, -0.25) is 0 Å². The highest BCUT2D eigenvalue weighted by Gasteiger charge is 2.45. The van der Waals surface area contributed by atoms with Crippen LogP contribution in [0.2, 0.25) is 0 Å². The minimum absolute atomic E-state index is 0.977. The molecule has 0 saturated carbocycles. The van der Waals surface area contributed by atoms with Crippen LogP contribution in [0.15, 0.2) is 76.8 Å². The van der Waals surface area contributed by atoms with Crippen LogP contribution in [0.5, 0.6) is 0 Å². The Morgan fingerprint density at radius 2 is 1.38 bits per heavy atom. The summed E-state index contributed by atoms with van der Waals surface area (Å²) in [6.07, 6.45) is 0. The standard InChI is InChI=1S/C21H14OS2/c22-21(20-15(10-12-24-20)14-9-11-23-13-14)18-7-3-1-5-16(18)17-6-2-4-8-19(17)21/h1-13,22H. The van der Waals surface area contributed by atoms with E-state index in [1.165, 1.54) is 5.56 Å². The predicted octanol–water partition coefficient (Wildman–Crippen LogP) is 5.74. The van der Waals surface area contributed by atoms with Crippen molar-refractivity contribution in [3.05, 3.63) is 92.8 Å². The lowest BCUT2D eigenvalue weighted by molar-refractivity contribution is 0.135. The Morgan fingerprint density at radius 3 is 2.00 bits per heavy atom. The van der Waals surface area contributed by atoms with Crippen LogP contribution in [0.25, 0.3) is 22.3 Å². The molecule has 24 heavy (non-hydrogen) atoms. The van der Waals surface area contributed by atoms with E-state index in [1.807, 2.05) is 36.4 Å². The Hall–Kier alpha value is -2.20. The van der Waals surface area contributed by atoms with Gasteiger partial charge in [-0.15, -0.1) is 11.3 Å². The van der Waals surface area contributed by atoms with Crippen molar-refractivity contribution >= 4 is 22.7 Å². The number of benzene rings is 2. The second kappa shape index (κ2) is 5.15. The molecule has 116 valence electrons. The van der Waals surface area contributed by atoms with Gasteiger partial charge in [0.15, 0.2) is 5.60 Å². The normalized spacial score (nSPS) is 14.4. The molecule has 2 heterocycles. The van der Waals surface area contributed by atoms with Crippen molar-refractivity contribution in [1.82, 2.24) is 0 Å². The summed E-state index contributed by atoms with van der Waals surface area (Å²) in [5.41, 5.74) is 5.41. The van der Waals surface area contributed by atoms with Gasteiger partial charge in [0.1, 0.15) is 0 Å². The predicted molar refractivity (Wildman–Crippen MR) is 102 cm³/mol. The van der Waals surface area contributed by atoms with Crippen LogP contribution in [0.1, 0.15) is 16.0 Å². The van der Waals surface area contributed by atoms with Gasteiger partial charge in [0, 0.05) is 16.7 Å². The van der Waals surface area contributed by atoms with Gasteiger partial charge < -0.3 is 5.11 Å². The quantitative estimate of drug-likeness (QED) is 0.490. The molecule has 1 aliphatic carbocycles. The van der Waals surface area contributed by atoms with Crippen molar-refractivity contribution in [2.45, 2.75) is 5.60 Å². The maximum atomic E-state index is 11.9. The Kier molecular flexibility index (Phi) is 3.04. The minimum Gasteiger partial charge on any atom is -0.375 e. The molecule has 0 spiro atoms. The minimum atomic E-state index is -1.08. The lowest BCUT2D eigenvalue weighted by Crippen LogP contribution is -2.25. The van der Waals surface area contributed by atoms with Crippen LogP contribution < -0.4 is 0 Å². The van der Waals surface area contributed by atoms with E-state index in [2.05, 4.69) is 40.4 Å². The van der Waals surface area contributed by atoms with Gasteiger partial charge in [0.05, 0.1) is 4.88 Å². The van der Waals surface area contributed by atoms with Gasteiger partial charge in [-0.1, -0.05) is 48.5 Å². The lowest BCUT2D eigenvalue weighted by atomic mass is 9.87. The van der Waals surface area contributed by atoms with Gasteiger partial charge in [0.2, 0.25) is 0 Å². The number of hydrogen-bond donors (Lipinski definition) is 1. The average molecular weight is 346 g/mol. The first-order valence-corrected chi connectivity index (χ1v) is 9.64. The smallest absolute Gasteiger partial charge is 0.151 e. The third kappa shape index (κ3) is 1.77. The molecule has 1 N–H and O–H groups in total. The van der Waals surface area contributed by atoms with Gasteiger partial charge in [-0.25, -0.2) is 0 Å². The molecule has 3 heteroatoms. The molecule has 5 rings (SSSR count). The molecular formula is C21H14OS2. The van der Waals surface area contributed by atoms with E-state index in [4.69, 9.17) is 0 Å². The summed E-state index contributed by atoms with van der Waals surface area (Å²) in [4.78, 5) is 0.998. The molecule has 0 atom stereocenters. The number of rotatable bonds is 2. The molecule has 1 nitrogen and oxygen atoms in total. The van der Waals surface area contributed by atoms with Gasteiger partial charge in [-0.05, 0) is 45.0 Å². The molecule has 0 saturated heterocycles. The molecule has 0 aliphatic heterocycles. The molecule has 0 amide bonds. The van der Waals surface area contributed by atoms with Crippen molar-refractivity contribution in [3.63, 3.8) is 0 Å². The monoisotopic (exact) mass is 346 g/mol. The Balaban J connectivity index is 1.84. The second-order valence-corrected chi connectivity index (χ2v) is 7.67. The Bertz CT molecular complexity index is 982. The molecule has 0 bridgehead atoms. The van der Waals surface area contributed by atoms with E-state index < -0.39 is 5.60 Å². The first kappa shape index (κ1) is 14.2. The average Bonchev–Trinajstić information content (AvgIpc) is 3.35. The fraction of sp³-hybridized carbons (Fsp3) is 0.0476. The summed E-state index contributed by atoms with van der Waals surface area (Å²) in [5, 5.41) is 18.2. The van der Waals surface area contributed by atoms with Crippen LogP contribution in [0.4, 0.5) is 0 Å². The van der Waals surface area contributed by atoms with E-state index in [1.54, 1.807) is 22.7 Å². The van der Waals surface area contributed by atoms with E-state index >= 15 is 0 Å². The van der Waals surface area contributed by atoms with Crippen LogP contribution in [-0.4, -0.2) is 5.11 Å². The largest absolute Gasteiger partial charge is 0.375 e. The van der Waals surface area contributed by atoms with Crippen LogP contribution >= 0.6 is 22.7 Å². The molecule has 2 aromatic heterocycles. The van der Waals surface area contributed by atoms with Crippen LogP contribution in [0, 0.1) is 0 Å². The SMILES string of the molecule is OC1(c2sccc2-c2ccsc2)c2ccccc2-c2ccccc21. The van der Waals surface area contributed by atoms with Gasteiger partial charge >= 0.3 is 0 Å². The number of aliphatic hydroxyl groups is 1. The molecular weight excluding hydrogens is 332 g/mol. The van der Waals surface area contributed by atoms with E-state index in [9.17, 15) is 5.11 Å². The lowest BCUT2D eigenvalue weighted by Gasteiger charge is -2.26. The fourth-order valence-corrected chi connectivity index (χ4v) is 5.39. The van der Waals surface area contributed by atoms with Crippen LogP contribution in [0.3, 0.4) is 0 Å². The first-order chi connectivity index (χ1) is 11.8. The molecule has 0 radical (unpaired) electrons. The van der Waals surface area contributed by atoms with Gasteiger partial charge in [0.25, 0.3) is 0 Å². The second-order valence-electron chi connectivity index (χ2n) is 5.98. The topological polar surface area (TPSA) is 20.2 Å². The number of hydrogen-bond acceptors (Lipinski definition) is 3. The van der Waals surface area contributed by atoms with Crippen molar-refractivity contribution in [2.24, 2.45) is 0 Å². The van der Waals surface area contributed by atoms with Crippen molar-refractivity contribution in [2.75, 3.05) is 0 Å². The highest BCUT2D eigenvalue weighted by Crippen LogP contribution is 2.54. The third-order valence-corrected chi connectivity index (χ3v) is 6.46. The summed E-state index contributed by atoms with van der Waals surface area (Å²) < 4.78 is 0. The summed E-state index contributed by atoms with van der Waals surface area (Å²) in [7, 11) is 0. The zero-order valence-corrected chi connectivity index (χ0v) is 14.4. The molecule has 1 aliphatic rings. The molecule has 0 fully saturated rings. The molecule has 4 aromatic rings. The highest BCUT2D eigenvalue weighted by atomic mass is 32.1. The van der Waals surface area contributed by atoms with Crippen molar-refractivity contribution in [1.29, 1.82) is 0 Å². The number of thiophene rings is 2. The molecule has 0 unspecified atom stereocenters.